The van der Waals surface area contributed by atoms with Crippen LogP contribution in [0.15, 0.2) is 36.4 Å². The van der Waals surface area contributed by atoms with E-state index in [2.05, 4.69) is 11.9 Å². The summed E-state index contributed by atoms with van der Waals surface area (Å²) in [5, 5.41) is 2.73. The first-order valence-electron chi connectivity index (χ1n) is 10.1. The van der Waals surface area contributed by atoms with Crippen molar-refractivity contribution in [1.82, 2.24) is 0 Å². The van der Waals surface area contributed by atoms with Crippen LogP contribution in [-0.4, -0.2) is 36.5 Å². The van der Waals surface area contributed by atoms with Crippen molar-refractivity contribution in [2.24, 2.45) is 11.3 Å². The average Bonchev–Trinajstić information content (AvgIpc) is 3.51. The molecule has 1 aliphatic carbocycles. The molecule has 29 heavy (non-hydrogen) atoms. The number of nitrogens with one attached hydrogen (secondary N) is 1. The first-order valence-corrected chi connectivity index (χ1v) is 10.1. The number of hydrogen-bond donors (Lipinski definition) is 1. The van der Waals surface area contributed by atoms with Gasteiger partial charge in [0.1, 0.15) is 0 Å². The van der Waals surface area contributed by atoms with Gasteiger partial charge >= 0.3 is 5.97 Å². The first kappa shape index (κ1) is 21.2. The highest BCUT2D eigenvalue weighted by molar-refractivity contribution is 6.13. The molecule has 0 radical (unpaired) electrons. The lowest BCUT2D eigenvalue weighted by Crippen LogP contribution is -2.55. The molecule has 156 valence electrons. The molecule has 0 bridgehead atoms. The van der Waals surface area contributed by atoms with Gasteiger partial charge in [-0.1, -0.05) is 18.7 Å². The predicted molar refractivity (Wildman–Crippen MR) is 109 cm³/mol. The lowest BCUT2D eigenvalue weighted by Gasteiger charge is -2.41. The van der Waals surface area contributed by atoms with Gasteiger partial charge in [0.05, 0.1) is 18.8 Å². The number of anilines is 1. The van der Waals surface area contributed by atoms with Crippen LogP contribution in [0.3, 0.4) is 0 Å². The summed E-state index contributed by atoms with van der Waals surface area (Å²) in [7, 11) is 0. The molecule has 1 unspecified atom stereocenters. The van der Waals surface area contributed by atoms with Crippen molar-refractivity contribution < 1.29 is 23.9 Å². The summed E-state index contributed by atoms with van der Waals surface area (Å²) in [6, 6.07) is 7.50. The van der Waals surface area contributed by atoms with Gasteiger partial charge in [0, 0.05) is 18.2 Å². The second-order valence-corrected chi connectivity index (χ2v) is 8.28. The molecule has 1 saturated carbocycles. The van der Waals surface area contributed by atoms with Crippen molar-refractivity contribution >= 4 is 23.3 Å². The van der Waals surface area contributed by atoms with Crippen molar-refractivity contribution in [3.05, 3.63) is 42.0 Å². The Labute approximate surface area is 171 Å². The van der Waals surface area contributed by atoms with E-state index in [1.54, 1.807) is 13.8 Å². The van der Waals surface area contributed by atoms with E-state index in [1.807, 2.05) is 24.3 Å². The molecule has 0 aromatic heterocycles. The maximum Gasteiger partial charge on any atom is 0.322 e. The zero-order valence-electron chi connectivity index (χ0n) is 17.3. The van der Waals surface area contributed by atoms with Gasteiger partial charge in [0.15, 0.2) is 11.2 Å². The molecule has 2 fully saturated rings. The predicted octanol–water partition coefficient (Wildman–Crippen LogP) is 3.45. The van der Waals surface area contributed by atoms with Gasteiger partial charge in [0.25, 0.3) is 0 Å². The standard InChI is InChI=1S/C23H29NO5/c1-14-15(2)29-20(12-9-17-7-10-19(11-8-17)24-16(3)25)23(4,21(14)26)22(27)28-13-18-5-6-18/h7-8,10-11,15,18,20H,1,5-6,9,12-13H2,2-4H3,(H,24,25)/t15-,20?,23-/m1/s1. The van der Waals surface area contributed by atoms with Gasteiger partial charge in [-0.3, -0.25) is 14.4 Å². The fourth-order valence-corrected chi connectivity index (χ4v) is 3.59. The number of esters is 1. The van der Waals surface area contributed by atoms with Crippen LogP contribution in [-0.2, 0) is 30.3 Å². The molecule has 1 saturated heterocycles. The van der Waals surface area contributed by atoms with Crippen LogP contribution in [0, 0.1) is 11.3 Å². The summed E-state index contributed by atoms with van der Waals surface area (Å²) in [5.41, 5.74) is 0.686. The molecule has 0 spiro atoms. The molecule has 6 nitrogen and oxygen atoms in total. The number of hydrogen-bond acceptors (Lipinski definition) is 5. The SMILES string of the molecule is C=C1C(=O)[C@](C)(C(=O)OCC2CC2)C(CCc2ccc(NC(C)=O)cc2)O[C@@H]1C. The second kappa shape index (κ2) is 8.49. The lowest BCUT2D eigenvalue weighted by atomic mass is 9.72. The molecule has 2 aliphatic rings. The summed E-state index contributed by atoms with van der Waals surface area (Å²) in [5.74, 6) is -0.511. The Morgan fingerprint density at radius 1 is 1.28 bits per heavy atom. The molecule has 1 heterocycles. The second-order valence-electron chi connectivity index (χ2n) is 8.28. The number of benzene rings is 1. The fourth-order valence-electron chi connectivity index (χ4n) is 3.59. The minimum absolute atomic E-state index is 0.124. The smallest absolute Gasteiger partial charge is 0.322 e. The van der Waals surface area contributed by atoms with E-state index in [9.17, 15) is 14.4 Å². The van der Waals surface area contributed by atoms with Crippen LogP contribution < -0.4 is 5.32 Å². The highest BCUT2D eigenvalue weighted by atomic mass is 16.5. The van der Waals surface area contributed by atoms with E-state index in [1.165, 1.54) is 6.92 Å². The van der Waals surface area contributed by atoms with E-state index < -0.39 is 23.6 Å². The molecule has 1 amide bonds. The minimum Gasteiger partial charge on any atom is -0.465 e. The summed E-state index contributed by atoms with van der Waals surface area (Å²) in [6.07, 6.45) is 2.24. The van der Waals surface area contributed by atoms with Crippen LogP contribution in [0.1, 0.15) is 45.6 Å². The quantitative estimate of drug-likeness (QED) is 0.431. The van der Waals surface area contributed by atoms with Gasteiger partial charge in [-0.25, -0.2) is 0 Å². The summed E-state index contributed by atoms with van der Waals surface area (Å²) >= 11 is 0. The molecule has 3 atom stereocenters. The van der Waals surface area contributed by atoms with E-state index in [0.717, 1.165) is 24.1 Å². The number of ketones is 1. The maximum atomic E-state index is 13.0. The van der Waals surface area contributed by atoms with Crippen molar-refractivity contribution in [3.8, 4) is 0 Å². The number of rotatable bonds is 7. The third-order valence-corrected chi connectivity index (χ3v) is 5.81. The highest BCUT2D eigenvalue weighted by Crippen LogP contribution is 2.40. The Balaban J connectivity index is 1.71. The Kier molecular flexibility index (Phi) is 6.22. The topological polar surface area (TPSA) is 81.7 Å². The van der Waals surface area contributed by atoms with Crippen LogP contribution in [0.25, 0.3) is 0 Å². The van der Waals surface area contributed by atoms with Crippen molar-refractivity contribution in [1.29, 1.82) is 0 Å². The van der Waals surface area contributed by atoms with Crippen molar-refractivity contribution in [3.63, 3.8) is 0 Å². The first-order chi connectivity index (χ1) is 13.7. The average molecular weight is 399 g/mol. The minimum atomic E-state index is -1.38. The van der Waals surface area contributed by atoms with Crippen LogP contribution in [0.5, 0.6) is 0 Å². The maximum absolute atomic E-state index is 13.0. The van der Waals surface area contributed by atoms with E-state index in [4.69, 9.17) is 9.47 Å². The number of aryl methyl sites for hydroxylation is 1. The van der Waals surface area contributed by atoms with Gasteiger partial charge in [-0.15, -0.1) is 0 Å². The van der Waals surface area contributed by atoms with Crippen molar-refractivity contribution in [2.75, 3.05) is 11.9 Å². The summed E-state index contributed by atoms with van der Waals surface area (Å²) in [4.78, 5) is 37.0. The molecule has 1 aromatic carbocycles. The Hall–Kier alpha value is -2.47. The monoisotopic (exact) mass is 399 g/mol. The van der Waals surface area contributed by atoms with Crippen LogP contribution in [0.2, 0.25) is 0 Å². The summed E-state index contributed by atoms with van der Waals surface area (Å²) < 4.78 is 11.5. The lowest BCUT2D eigenvalue weighted by molar-refractivity contribution is -0.177. The van der Waals surface area contributed by atoms with E-state index in [-0.39, 0.29) is 11.7 Å². The zero-order chi connectivity index (χ0) is 21.2. The Morgan fingerprint density at radius 2 is 1.93 bits per heavy atom. The molecule has 1 aromatic rings. The zero-order valence-corrected chi connectivity index (χ0v) is 17.3. The molecule has 1 aliphatic heterocycles. The van der Waals surface area contributed by atoms with Gasteiger partial charge in [0.2, 0.25) is 5.91 Å². The molecular weight excluding hydrogens is 370 g/mol. The number of ether oxygens (including phenoxy) is 2. The number of Topliss-reactive ketones (excluding diaryl/α,β-unsaturated/α-hetero) is 1. The third kappa shape index (κ3) is 4.75. The molecule has 3 rings (SSSR count). The van der Waals surface area contributed by atoms with Crippen LogP contribution >= 0.6 is 0 Å². The molecule has 6 heteroatoms. The molecule has 1 N–H and O–H groups in total. The van der Waals surface area contributed by atoms with Gasteiger partial charge in [-0.2, -0.15) is 0 Å². The number of carbonyl (C=O) groups is 3. The summed E-state index contributed by atoms with van der Waals surface area (Å²) in [6.45, 7) is 9.05. The number of carbonyl (C=O) groups excluding carboxylic acids is 3. The highest BCUT2D eigenvalue weighted by Gasteiger charge is 2.55. The molecular formula is C23H29NO5. The van der Waals surface area contributed by atoms with Crippen LogP contribution in [0.4, 0.5) is 5.69 Å². The van der Waals surface area contributed by atoms with E-state index in [0.29, 0.717) is 30.9 Å². The number of amides is 1. The normalized spacial score (nSPS) is 26.9. The van der Waals surface area contributed by atoms with Gasteiger partial charge in [-0.05, 0) is 63.1 Å². The third-order valence-electron chi connectivity index (χ3n) is 5.81. The fraction of sp³-hybridized carbons (Fsp3) is 0.522. The van der Waals surface area contributed by atoms with Crippen molar-refractivity contribution in [2.45, 2.75) is 58.7 Å². The largest absolute Gasteiger partial charge is 0.465 e. The Morgan fingerprint density at radius 3 is 2.52 bits per heavy atom. The van der Waals surface area contributed by atoms with Gasteiger partial charge < -0.3 is 14.8 Å². The Bertz CT molecular complexity index is 811. The van der Waals surface area contributed by atoms with E-state index >= 15 is 0 Å².